The van der Waals surface area contributed by atoms with Gasteiger partial charge in [-0.15, -0.1) is 0 Å². The van der Waals surface area contributed by atoms with Gasteiger partial charge in [-0.05, 0) is 47.7 Å². The summed E-state index contributed by atoms with van der Waals surface area (Å²) in [5.74, 6) is -0.415. The van der Waals surface area contributed by atoms with E-state index in [0.717, 1.165) is 3.57 Å². The fourth-order valence-corrected chi connectivity index (χ4v) is 2.51. The molecule has 2 aromatic rings. The van der Waals surface area contributed by atoms with Gasteiger partial charge in [0.05, 0.1) is 18.6 Å². The summed E-state index contributed by atoms with van der Waals surface area (Å²) in [6.45, 7) is 2.07. The highest BCUT2D eigenvalue weighted by atomic mass is 127. The molecule has 0 bridgehead atoms. The van der Waals surface area contributed by atoms with Crippen molar-refractivity contribution in [2.45, 2.75) is 13.3 Å². The lowest BCUT2D eigenvalue weighted by Crippen LogP contribution is -2.13. The molecule has 0 saturated carbocycles. The highest BCUT2D eigenvalue weighted by Gasteiger charge is 2.15. The van der Waals surface area contributed by atoms with Crippen LogP contribution < -0.4 is 4.74 Å². The molecule has 0 atom stereocenters. The molecule has 0 amide bonds. The molecule has 2 aromatic carbocycles. The van der Waals surface area contributed by atoms with Crippen molar-refractivity contribution in [1.29, 1.82) is 0 Å². The fraction of sp³-hybridized carbons (Fsp3) is 0.176. The monoisotopic (exact) mass is 410 g/mol. The third-order valence-corrected chi connectivity index (χ3v) is 3.85. The van der Waals surface area contributed by atoms with Gasteiger partial charge in [-0.1, -0.05) is 30.3 Å². The predicted octanol–water partition coefficient (Wildman–Crippen LogP) is 3.62. The van der Waals surface area contributed by atoms with Crippen molar-refractivity contribution in [1.82, 2.24) is 0 Å². The second-order valence-corrected chi connectivity index (χ2v) is 5.62. The van der Waals surface area contributed by atoms with Crippen molar-refractivity contribution >= 4 is 34.5 Å². The molecule has 0 aromatic heterocycles. The lowest BCUT2D eigenvalue weighted by molar-refractivity contribution is -0.142. The van der Waals surface area contributed by atoms with Crippen molar-refractivity contribution in [2.24, 2.45) is 0 Å². The normalized spacial score (nSPS) is 10.1. The molecular weight excluding hydrogens is 395 g/mol. The van der Waals surface area contributed by atoms with Gasteiger partial charge in [0.1, 0.15) is 5.75 Å². The molecule has 0 N–H and O–H groups in total. The van der Waals surface area contributed by atoms with Gasteiger partial charge < -0.3 is 9.47 Å². The van der Waals surface area contributed by atoms with Crippen LogP contribution in [0.15, 0.2) is 48.5 Å². The number of benzene rings is 2. The van der Waals surface area contributed by atoms with Crippen molar-refractivity contribution in [2.75, 3.05) is 6.61 Å². The summed E-state index contributed by atoms with van der Waals surface area (Å²) in [6.07, 6.45) is 0.0726. The van der Waals surface area contributed by atoms with Crippen molar-refractivity contribution in [3.63, 3.8) is 0 Å². The highest BCUT2D eigenvalue weighted by Crippen LogP contribution is 2.21. The van der Waals surface area contributed by atoms with Crippen LogP contribution in [-0.4, -0.2) is 18.5 Å². The molecule has 0 aliphatic carbocycles. The number of esters is 2. The van der Waals surface area contributed by atoms with Gasteiger partial charge in [-0.2, -0.15) is 0 Å². The summed E-state index contributed by atoms with van der Waals surface area (Å²) < 4.78 is 11.2. The van der Waals surface area contributed by atoms with Crippen LogP contribution in [0.3, 0.4) is 0 Å². The lowest BCUT2D eigenvalue weighted by atomic mass is 10.1. The Balaban J connectivity index is 2.18. The largest absolute Gasteiger partial charge is 0.466 e. The van der Waals surface area contributed by atoms with Crippen LogP contribution in [0, 0.1) is 3.57 Å². The van der Waals surface area contributed by atoms with E-state index in [4.69, 9.17) is 9.47 Å². The first kappa shape index (κ1) is 16.5. The van der Waals surface area contributed by atoms with E-state index in [2.05, 4.69) is 22.6 Å². The maximum atomic E-state index is 12.3. The summed E-state index contributed by atoms with van der Waals surface area (Å²) in [7, 11) is 0. The molecule has 0 aliphatic heterocycles. The number of hydrogen-bond donors (Lipinski definition) is 0. The lowest BCUT2D eigenvalue weighted by Gasteiger charge is -2.10. The van der Waals surface area contributed by atoms with E-state index in [0.29, 0.717) is 23.5 Å². The van der Waals surface area contributed by atoms with Crippen molar-refractivity contribution in [3.8, 4) is 5.75 Å². The minimum Gasteiger partial charge on any atom is -0.466 e. The average Bonchev–Trinajstić information content (AvgIpc) is 2.50. The number of carbonyl (C=O) groups is 2. The van der Waals surface area contributed by atoms with Crippen LogP contribution in [0.4, 0.5) is 0 Å². The smallest absolute Gasteiger partial charge is 0.344 e. The molecule has 0 saturated heterocycles. The maximum absolute atomic E-state index is 12.3. The van der Waals surface area contributed by atoms with Crippen molar-refractivity contribution < 1.29 is 19.1 Å². The minimum absolute atomic E-state index is 0.0726. The zero-order chi connectivity index (χ0) is 15.9. The Kier molecular flexibility index (Phi) is 5.94. The third kappa shape index (κ3) is 4.30. The van der Waals surface area contributed by atoms with Gasteiger partial charge in [-0.25, -0.2) is 4.79 Å². The molecule has 5 heteroatoms. The zero-order valence-corrected chi connectivity index (χ0v) is 14.2. The summed E-state index contributed by atoms with van der Waals surface area (Å²) in [5.41, 5.74) is 1.12. The number of rotatable bonds is 5. The molecule has 0 fully saturated rings. The standard InChI is InChI=1S/C17H15IO4/c1-2-21-16(19)11-12-7-3-6-10-15(12)22-17(20)13-8-4-5-9-14(13)18/h3-10H,2,11H2,1H3. The van der Waals surface area contributed by atoms with Gasteiger partial charge in [0.2, 0.25) is 0 Å². The Bertz CT molecular complexity index is 682. The first-order valence-corrected chi connectivity index (χ1v) is 7.90. The van der Waals surface area contributed by atoms with Crippen LogP contribution in [0.2, 0.25) is 0 Å². The molecule has 114 valence electrons. The van der Waals surface area contributed by atoms with E-state index in [1.54, 1.807) is 43.3 Å². The number of carbonyl (C=O) groups excluding carboxylic acids is 2. The highest BCUT2D eigenvalue weighted by molar-refractivity contribution is 14.1. The van der Waals surface area contributed by atoms with E-state index >= 15 is 0 Å². The number of halogens is 1. The number of para-hydroxylation sites is 1. The zero-order valence-electron chi connectivity index (χ0n) is 12.0. The molecule has 0 spiro atoms. The molecule has 0 heterocycles. The van der Waals surface area contributed by atoms with Crippen LogP contribution in [0.5, 0.6) is 5.75 Å². The molecule has 22 heavy (non-hydrogen) atoms. The van der Waals surface area contributed by atoms with E-state index in [-0.39, 0.29) is 12.4 Å². The Hall–Kier alpha value is -1.89. The topological polar surface area (TPSA) is 52.6 Å². The van der Waals surface area contributed by atoms with E-state index in [1.807, 2.05) is 12.1 Å². The van der Waals surface area contributed by atoms with Crippen LogP contribution >= 0.6 is 22.6 Å². The SMILES string of the molecule is CCOC(=O)Cc1ccccc1OC(=O)c1ccccc1I. The van der Waals surface area contributed by atoms with E-state index < -0.39 is 5.97 Å². The van der Waals surface area contributed by atoms with Crippen molar-refractivity contribution in [3.05, 3.63) is 63.2 Å². The second kappa shape index (κ2) is 7.93. The van der Waals surface area contributed by atoms with Crippen LogP contribution in [0.25, 0.3) is 0 Å². The molecule has 0 unspecified atom stereocenters. The van der Waals surface area contributed by atoms with Gasteiger partial charge in [0.15, 0.2) is 0 Å². The molecular formula is C17H15IO4. The Morgan fingerprint density at radius 3 is 2.45 bits per heavy atom. The first-order valence-electron chi connectivity index (χ1n) is 6.82. The van der Waals surface area contributed by atoms with Gasteiger partial charge >= 0.3 is 11.9 Å². The summed E-state index contributed by atoms with van der Waals surface area (Å²) in [4.78, 5) is 23.9. The number of hydrogen-bond acceptors (Lipinski definition) is 4. The Morgan fingerprint density at radius 1 is 1.05 bits per heavy atom. The van der Waals surface area contributed by atoms with E-state index in [1.165, 1.54) is 0 Å². The quantitative estimate of drug-likeness (QED) is 0.430. The fourth-order valence-electron chi connectivity index (χ4n) is 1.90. The van der Waals surface area contributed by atoms with Gasteiger partial charge in [0, 0.05) is 9.13 Å². The maximum Gasteiger partial charge on any atom is 0.344 e. The number of ether oxygens (including phenoxy) is 2. The average molecular weight is 410 g/mol. The summed E-state index contributed by atoms with van der Waals surface area (Å²) >= 11 is 2.08. The molecule has 0 radical (unpaired) electrons. The van der Waals surface area contributed by atoms with Gasteiger partial charge in [-0.3, -0.25) is 4.79 Å². The Morgan fingerprint density at radius 2 is 1.73 bits per heavy atom. The van der Waals surface area contributed by atoms with Crippen LogP contribution in [-0.2, 0) is 16.0 Å². The second-order valence-electron chi connectivity index (χ2n) is 4.46. The summed E-state index contributed by atoms with van der Waals surface area (Å²) in [6, 6.07) is 14.1. The van der Waals surface area contributed by atoms with Crippen LogP contribution in [0.1, 0.15) is 22.8 Å². The molecule has 4 nitrogen and oxygen atoms in total. The minimum atomic E-state index is -0.443. The predicted molar refractivity (Wildman–Crippen MR) is 90.9 cm³/mol. The Labute approximate surface area is 142 Å². The van der Waals surface area contributed by atoms with E-state index in [9.17, 15) is 9.59 Å². The third-order valence-electron chi connectivity index (χ3n) is 2.91. The molecule has 0 aliphatic rings. The summed E-state index contributed by atoms with van der Waals surface area (Å²) in [5, 5.41) is 0. The molecule has 2 rings (SSSR count). The first-order chi connectivity index (χ1) is 10.6. The van der Waals surface area contributed by atoms with Gasteiger partial charge in [0.25, 0.3) is 0 Å².